The number of halogens is 2. The molecule has 1 aromatic rings. The summed E-state index contributed by atoms with van der Waals surface area (Å²) < 4.78 is 0. The number of carbonyl (C=O) groups excluding carboxylic acids is 1. The molecule has 1 aliphatic rings. The number of amides is 1. The molecule has 98 valence electrons. The van der Waals surface area contributed by atoms with Crippen LogP contribution in [0.15, 0.2) is 18.2 Å². The van der Waals surface area contributed by atoms with E-state index in [0.29, 0.717) is 28.1 Å². The van der Waals surface area contributed by atoms with Crippen LogP contribution in [0, 0.1) is 5.92 Å². The third-order valence-corrected chi connectivity index (χ3v) is 3.76. The van der Waals surface area contributed by atoms with Crippen molar-refractivity contribution >= 4 is 29.1 Å². The van der Waals surface area contributed by atoms with E-state index >= 15 is 0 Å². The number of carbonyl (C=O) groups is 1. The highest BCUT2D eigenvalue weighted by Crippen LogP contribution is 2.21. The maximum atomic E-state index is 12.0. The van der Waals surface area contributed by atoms with Crippen LogP contribution in [-0.4, -0.2) is 37.5 Å². The number of hydrogen-bond acceptors (Lipinski definition) is 2. The minimum Gasteiger partial charge on any atom is -0.352 e. The van der Waals surface area contributed by atoms with Gasteiger partial charge < -0.3 is 10.2 Å². The molecule has 2 rings (SSSR count). The van der Waals surface area contributed by atoms with Gasteiger partial charge in [-0.05, 0) is 44.1 Å². The molecule has 1 aromatic carbocycles. The van der Waals surface area contributed by atoms with E-state index in [1.165, 1.54) is 0 Å². The van der Waals surface area contributed by atoms with Gasteiger partial charge in [0.1, 0.15) is 0 Å². The van der Waals surface area contributed by atoms with Gasteiger partial charge in [0, 0.05) is 18.1 Å². The molecule has 0 saturated carbocycles. The molecular weight excluding hydrogens is 271 g/mol. The molecule has 1 fully saturated rings. The second kappa shape index (κ2) is 5.91. The second-order valence-corrected chi connectivity index (χ2v) is 5.59. The molecule has 5 heteroatoms. The van der Waals surface area contributed by atoms with Crippen LogP contribution >= 0.6 is 23.2 Å². The van der Waals surface area contributed by atoms with Gasteiger partial charge in [-0.3, -0.25) is 4.79 Å². The van der Waals surface area contributed by atoms with E-state index in [1.54, 1.807) is 18.2 Å². The highest BCUT2D eigenvalue weighted by Gasteiger charge is 2.20. The smallest absolute Gasteiger partial charge is 0.252 e. The second-order valence-electron chi connectivity index (χ2n) is 4.75. The van der Waals surface area contributed by atoms with E-state index in [1.807, 2.05) is 0 Å². The van der Waals surface area contributed by atoms with Crippen LogP contribution in [0.2, 0.25) is 10.0 Å². The average molecular weight is 287 g/mol. The highest BCUT2D eigenvalue weighted by atomic mass is 35.5. The van der Waals surface area contributed by atoms with Gasteiger partial charge in [-0.25, -0.2) is 0 Å². The summed E-state index contributed by atoms with van der Waals surface area (Å²) in [4.78, 5) is 14.2. The first kappa shape index (κ1) is 13.7. The summed E-state index contributed by atoms with van der Waals surface area (Å²) in [6, 6.07) is 4.91. The maximum Gasteiger partial charge on any atom is 0.252 e. The van der Waals surface area contributed by atoms with Crippen LogP contribution in [0.5, 0.6) is 0 Å². The molecule has 1 amide bonds. The lowest BCUT2D eigenvalue weighted by Gasteiger charge is -2.12. The lowest BCUT2D eigenvalue weighted by atomic mass is 10.1. The summed E-state index contributed by atoms with van der Waals surface area (Å²) in [6.07, 6.45) is 1.13. The Hall–Kier alpha value is -0.770. The molecule has 0 aromatic heterocycles. The Labute approximate surface area is 117 Å². The van der Waals surface area contributed by atoms with Gasteiger partial charge in [0.25, 0.3) is 5.91 Å². The van der Waals surface area contributed by atoms with Crippen LogP contribution in [0.3, 0.4) is 0 Å². The molecule has 1 N–H and O–H groups in total. The number of benzene rings is 1. The largest absolute Gasteiger partial charge is 0.352 e. The standard InChI is InChI=1S/C13H16Cl2N2O/c1-17-5-4-9(8-17)7-16-13(18)11-3-2-10(14)6-12(11)15/h2-3,6,9H,4-5,7-8H2,1H3,(H,16,18). The maximum absolute atomic E-state index is 12.0. The van der Waals surface area contributed by atoms with Crippen molar-refractivity contribution in [2.45, 2.75) is 6.42 Å². The zero-order valence-corrected chi connectivity index (χ0v) is 11.8. The molecule has 0 radical (unpaired) electrons. The number of hydrogen-bond donors (Lipinski definition) is 1. The van der Waals surface area contributed by atoms with Crippen molar-refractivity contribution in [1.29, 1.82) is 0 Å². The van der Waals surface area contributed by atoms with Crippen molar-refractivity contribution in [2.24, 2.45) is 5.92 Å². The van der Waals surface area contributed by atoms with Gasteiger partial charge in [-0.1, -0.05) is 23.2 Å². The first-order valence-corrected chi connectivity index (χ1v) is 6.73. The van der Waals surface area contributed by atoms with Crippen LogP contribution in [0.4, 0.5) is 0 Å². The lowest BCUT2D eigenvalue weighted by molar-refractivity contribution is 0.0947. The molecule has 3 nitrogen and oxygen atoms in total. The topological polar surface area (TPSA) is 32.3 Å². The third kappa shape index (κ3) is 3.37. The quantitative estimate of drug-likeness (QED) is 0.927. The molecule has 1 saturated heterocycles. The van der Waals surface area contributed by atoms with E-state index in [-0.39, 0.29) is 5.91 Å². The van der Waals surface area contributed by atoms with Crippen LogP contribution in [0.25, 0.3) is 0 Å². The van der Waals surface area contributed by atoms with E-state index in [4.69, 9.17) is 23.2 Å². The first-order valence-electron chi connectivity index (χ1n) is 5.98. The zero-order valence-electron chi connectivity index (χ0n) is 10.2. The fourth-order valence-corrected chi connectivity index (χ4v) is 2.69. The molecule has 18 heavy (non-hydrogen) atoms. The fourth-order valence-electron chi connectivity index (χ4n) is 2.20. The molecule has 0 spiro atoms. The van der Waals surface area contributed by atoms with E-state index in [2.05, 4.69) is 17.3 Å². The Balaban J connectivity index is 1.91. The van der Waals surface area contributed by atoms with E-state index in [0.717, 1.165) is 19.5 Å². The predicted octanol–water partition coefficient (Wildman–Crippen LogP) is 2.67. The molecule has 1 atom stereocenters. The summed E-state index contributed by atoms with van der Waals surface area (Å²) in [5.74, 6) is 0.399. The van der Waals surface area contributed by atoms with Gasteiger partial charge in [0.15, 0.2) is 0 Å². The SMILES string of the molecule is CN1CCC(CNC(=O)c2ccc(Cl)cc2Cl)C1. The summed E-state index contributed by atoms with van der Waals surface area (Å²) in [7, 11) is 2.10. The molecule has 0 bridgehead atoms. The normalized spacial score (nSPS) is 20.1. The van der Waals surface area contributed by atoms with Gasteiger partial charge in [-0.15, -0.1) is 0 Å². The Morgan fingerprint density at radius 3 is 2.89 bits per heavy atom. The van der Waals surface area contributed by atoms with Crippen molar-refractivity contribution in [3.63, 3.8) is 0 Å². The Morgan fingerprint density at radius 2 is 2.28 bits per heavy atom. The van der Waals surface area contributed by atoms with Gasteiger partial charge >= 0.3 is 0 Å². The van der Waals surface area contributed by atoms with E-state index < -0.39 is 0 Å². The number of nitrogens with zero attached hydrogens (tertiary/aromatic N) is 1. The zero-order chi connectivity index (χ0) is 13.1. The fraction of sp³-hybridized carbons (Fsp3) is 0.462. The van der Waals surface area contributed by atoms with Crippen molar-refractivity contribution in [1.82, 2.24) is 10.2 Å². The Morgan fingerprint density at radius 1 is 1.50 bits per heavy atom. The summed E-state index contributed by atoms with van der Waals surface area (Å²) >= 11 is 11.8. The van der Waals surface area contributed by atoms with Crippen LogP contribution in [0.1, 0.15) is 16.8 Å². The average Bonchev–Trinajstić information content (AvgIpc) is 2.72. The third-order valence-electron chi connectivity index (χ3n) is 3.22. The molecule has 1 unspecified atom stereocenters. The van der Waals surface area contributed by atoms with Crippen molar-refractivity contribution in [3.8, 4) is 0 Å². The van der Waals surface area contributed by atoms with E-state index in [9.17, 15) is 4.79 Å². The molecular formula is C13H16Cl2N2O. The first-order chi connectivity index (χ1) is 8.56. The van der Waals surface area contributed by atoms with Crippen LogP contribution in [-0.2, 0) is 0 Å². The number of likely N-dealkylation sites (tertiary alicyclic amines) is 1. The van der Waals surface area contributed by atoms with Gasteiger partial charge in [0.05, 0.1) is 10.6 Å². The minimum atomic E-state index is -0.133. The molecule has 1 heterocycles. The Bertz CT molecular complexity index is 451. The number of nitrogens with one attached hydrogen (secondary N) is 1. The van der Waals surface area contributed by atoms with Crippen molar-refractivity contribution in [2.75, 3.05) is 26.7 Å². The van der Waals surface area contributed by atoms with Crippen LogP contribution < -0.4 is 5.32 Å². The monoisotopic (exact) mass is 286 g/mol. The van der Waals surface area contributed by atoms with Crippen molar-refractivity contribution in [3.05, 3.63) is 33.8 Å². The number of rotatable bonds is 3. The summed E-state index contributed by atoms with van der Waals surface area (Å²) in [6.45, 7) is 2.83. The van der Waals surface area contributed by atoms with Gasteiger partial charge in [-0.2, -0.15) is 0 Å². The summed E-state index contributed by atoms with van der Waals surface area (Å²) in [5.41, 5.74) is 0.479. The molecule has 0 aliphatic carbocycles. The van der Waals surface area contributed by atoms with Crippen molar-refractivity contribution < 1.29 is 4.79 Å². The Kier molecular flexibility index (Phi) is 4.49. The van der Waals surface area contributed by atoms with Gasteiger partial charge in [0.2, 0.25) is 0 Å². The minimum absolute atomic E-state index is 0.133. The summed E-state index contributed by atoms with van der Waals surface area (Å²) in [5, 5.41) is 3.86. The predicted molar refractivity (Wildman–Crippen MR) is 74.4 cm³/mol. The molecule has 1 aliphatic heterocycles. The lowest BCUT2D eigenvalue weighted by Crippen LogP contribution is -2.30. The highest BCUT2D eigenvalue weighted by molar-refractivity contribution is 6.36.